The highest BCUT2D eigenvalue weighted by Gasteiger charge is 2.44. The molecule has 61 heavy (non-hydrogen) atoms. The first-order valence-electron chi connectivity index (χ1n) is 21.8. The number of hydrogen-bond acceptors (Lipinski definition) is 0. The SMILES string of the molecule is CC1(C)c2ccccc2-c2ccc(-c3ccc4c(-n5c(-c6ccccc6)ccc5-c5ccccc5)c5cc(-c6ccc7c(c6)C(C)(C)C6C=CC=CC76)ccc5cc4c3)cc21. The van der Waals surface area contributed by atoms with Crippen molar-refractivity contribution in [2.75, 3.05) is 0 Å². The number of allylic oxidation sites excluding steroid dienone is 4. The molecule has 3 aliphatic carbocycles. The molecule has 0 spiro atoms. The highest BCUT2D eigenvalue weighted by Crippen LogP contribution is 2.54. The molecule has 8 aromatic carbocycles. The van der Waals surface area contributed by atoms with E-state index in [4.69, 9.17) is 0 Å². The van der Waals surface area contributed by atoms with Gasteiger partial charge >= 0.3 is 0 Å². The Kier molecular flexibility index (Phi) is 7.82. The zero-order valence-electron chi connectivity index (χ0n) is 35.2. The van der Waals surface area contributed by atoms with Gasteiger partial charge in [0.05, 0.1) is 17.1 Å². The van der Waals surface area contributed by atoms with Crippen molar-refractivity contribution in [3.63, 3.8) is 0 Å². The summed E-state index contributed by atoms with van der Waals surface area (Å²) in [6, 6.07) is 66.3. The van der Waals surface area contributed by atoms with Crippen molar-refractivity contribution in [1.82, 2.24) is 4.57 Å². The number of rotatable bonds is 5. The second-order valence-corrected chi connectivity index (χ2v) is 18.5. The Morgan fingerprint density at radius 3 is 1.75 bits per heavy atom. The molecule has 2 unspecified atom stereocenters. The van der Waals surface area contributed by atoms with Crippen LogP contribution in [0.2, 0.25) is 0 Å². The van der Waals surface area contributed by atoms with E-state index in [0.717, 1.165) is 0 Å². The molecule has 1 heterocycles. The molecule has 0 saturated carbocycles. The third kappa shape index (κ3) is 5.39. The topological polar surface area (TPSA) is 4.93 Å². The molecule has 0 N–H and O–H groups in total. The van der Waals surface area contributed by atoms with Crippen LogP contribution in [0.15, 0.2) is 200 Å². The van der Waals surface area contributed by atoms with Crippen LogP contribution in [0, 0.1) is 5.92 Å². The normalized spacial score (nSPS) is 17.6. The molecule has 9 aromatic rings. The lowest BCUT2D eigenvalue weighted by Crippen LogP contribution is -2.24. The van der Waals surface area contributed by atoms with Gasteiger partial charge in [0.15, 0.2) is 0 Å². The molecule has 0 aliphatic heterocycles. The number of fused-ring (bicyclic) bond motifs is 8. The Hall–Kier alpha value is -6.96. The van der Waals surface area contributed by atoms with Crippen molar-refractivity contribution >= 4 is 21.5 Å². The lowest BCUT2D eigenvalue weighted by atomic mass is 9.74. The highest BCUT2D eigenvalue weighted by molar-refractivity contribution is 6.10. The highest BCUT2D eigenvalue weighted by atomic mass is 15.0. The molecule has 1 nitrogen and oxygen atoms in total. The van der Waals surface area contributed by atoms with Crippen molar-refractivity contribution in [2.45, 2.75) is 44.4 Å². The maximum absolute atomic E-state index is 2.53. The molecule has 3 aliphatic rings. The van der Waals surface area contributed by atoms with Crippen LogP contribution in [0.4, 0.5) is 0 Å². The summed E-state index contributed by atoms with van der Waals surface area (Å²) in [6.45, 7) is 9.58. The molecular weight excluding hydrogens is 735 g/mol. The number of nitrogens with zero attached hydrogens (tertiary/aromatic N) is 1. The summed E-state index contributed by atoms with van der Waals surface area (Å²) in [5.74, 6) is 0.910. The van der Waals surface area contributed by atoms with Crippen LogP contribution in [0.25, 0.3) is 83.1 Å². The number of benzene rings is 8. The molecule has 12 rings (SSSR count). The third-order valence-electron chi connectivity index (χ3n) is 14.5. The summed E-state index contributed by atoms with van der Waals surface area (Å²) in [5, 5.41) is 4.92. The van der Waals surface area contributed by atoms with Crippen molar-refractivity contribution in [3.05, 3.63) is 222 Å². The van der Waals surface area contributed by atoms with Crippen LogP contribution in [0.1, 0.15) is 55.9 Å². The lowest BCUT2D eigenvalue weighted by Gasteiger charge is -2.29. The predicted molar refractivity (Wildman–Crippen MR) is 258 cm³/mol. The van der Waals surface area contributed by atoms with Gasteiger partial charge in [-0.1, -0.05) is 192 Å². The van der Waals surface area contributed by atoms with Crippen LogP contribution in [0.5, 0.6) is 0 Å². The van der Waals surface area contributed by atoms with Crippen molar-refractivity contribution in [1.29, 1.82) is 0 Å². The van der Waals surface area contributed by atoms with Crippen LogP contribution in [-0.4, -0.2) is 4.57 Å². The van der Waals surface area contributed by atoms with E-state index >= 15 is 0 Å². The number of hydrogen-bond donors (Lipinski definition) is 0. The first kappa shape index (κ1) is 35.9. The monoisotopic (exact) mass is 781 g/mol. The smallest absolute Gasteiger partial charge is 0.0619 e. The first-order valence-corrected chi connectivity index (χ1v) is 21.8. The lowest BCUT2D eigenvalue weighted by molar-refractivity contribution is 0.394. The Morgan fingerprint density at radius 1 is 0.410 bits per heavy atom. The van der Waals surface area contributed by atoms with Gasteiger partial charge < -0.3 is 4.57 Å². The zero-order valence-corrected chi connectivity index (χ0v) is 35.2. The van der Waals surface area contributed by atoms with E-state index in [2.05, 4.69) is 232 Å². The number of aromatic nitrogens is 1. The fourth-order valence-electron chi connectivity index (χ4n) is 11.3. The van der Waals surface area contributed by atoms with Crippen LogP contribution in [0.3, 0.4) is 0 Å². The van der Waals surface area contributed by atoms with Gasteiger partial charge in [0.1, 0.15) is 0 Å². The van der Waals surface area contributed by atoms with Gasteiger partial charge in [-0.15, -0.1) is 0 Å². The van der Waals surface area contributed by atoms with Gasteiger partial charge in [0.2, 0.25) is 0 Å². The van der Waals surface area contributed by atoms with Gasteiger partial charge in [-0.2, -0.15) is 0 Å². The second-order valence-electron chi connectivity index (χ2n) is 18.5. The summed E-state index contributed by atoms with van der Waals surface area (Å²) in [7, 11) is 0. The fourth-order valence-corrected chi connectivity index (χ4v) is 11.3. The Labute approximate surface area is 359 Å². The predicted octanol–water partition coefficient (Wildman–Crippen LogP) is 15.9. The summed E-state index contributed by atoms with van der Waals surface area (Å²) in [4.78, 5) is 0. The second kappa shape index (κ2) is 13.3. The molecule has 0 amide bonds. The van der Waals surface area contributed by atoms with E-state index in [-0.39, 0.29) is 10.8 Å². The van der Waals surface area contributed by atoms with E-state index < -0.39 is 0 Å². The minimum Gasteiger partial charge on any atom is -0.308 e. The van der Waals surface area contributed by atoms with Crippen LogP contribution in [-0.2, 0) is 10.8 Å². The van der Waals surface area contributed by atoms with E-state index in [1.807, 2.05) is 0 Å². The Bertz CT molecular complexity index is 3240. The van der Waals surface area contributed by atoms with Gasteiger partial charge in [-0.05, 0) is 125 Å². The molecular formula is C60H47N. The maximum Gasteiger partial charge on any atom is 0.0619 e. The Morgan fingerprint density at radius 2 is 1.00 bits per heavy atom. The summed E-state index contributed by atoms with van der Waals surface area (Å²) in [6.07, 6.45) is 9.26. The van der Waals surface area contributed by atoms with Gasteiger partial charge in [0.25, 0.3) is 0 Å². The molecule has 0 bridgehead atoms. The van der Waals surface area contributed by atoms with E-state index in [1.54, 1.807) is 0 Å². The summed E-state index contributed by atoms with van der Waals surface area (Å²) in [5.41, 5.74) is 19.3. The third-order valence-corrected chi connectivity index (χ3v) is 14.5. The summed E-state index contributed by atoms with van der Waals surface area (Å²) >= 11 is 0. The van der Waals surface area contributed by atoms with Gasteiger partial charge in [-0.25, -0.2) is 0 Å². The molecule has 0 fully saturated rings. The van der Waals surface area contributed by atoms with Crippen LogP contribution >= 0.6 is 0 Å². The van der Waals surface area contributed by atoms with E-state index in [0.29, 0.717) is 11.8 Å². The fraction of sp³-hybridized carbons (Fsp3) is 0.133. The molecule has 0 radical (unpaired) electrons. The van der Waals surface area contributed by atoms with Crippen molar-refractivity contribution < 1.29 is 0 Å². The van der Waals surface area contributed by atoms with Gasteiger partial charge in [-0.3, -0.25) is 0 Å². The standard InChI is InChI=1S/C60H47N/c1-59(2)52-21-13-11-19-47(52)49-29-26-42(36-54(49)59)40-25-28-46-45(33-40)34-44-24-23-41(43-27-30-50-48-20-12-14-22-53(48)60(3,4)55(50)37-43)35-51(44)58(46)61-56(38-15-7-5-8-16-38)31-32-57(61)39-17-9-6-10-18-39/h5-37,48,53H,1-4H3. The Balaban J connectivity index is 1.09. The minimum atomic E-state index is -0.0587. The van der Waals surface area contributed by atoms with Crippen LogP contribution < -0.4 is 0 Å². The van der Waals surface area contributed by atoms with Crippen molar-refractivity contribution in [3.8, 4) is 61.6 Å². The molecule has 1 heteroatoms. The molecule has 1 aromatic heterocycles. The maximum atomic E-state index is 2.53. The average molecular weight is 782 g/mol. The average Bonchev–Trinajstić information content (AvgIpc) is 3.91. The quantitative estimate of drug-likeness (QED) is 0.153. The van der Waals surface area contributed by atoms with E-state index in [1.165, 1.54) is 105 Å². The van der Waals surface area contributed by atoms with Crippen molar-refractivity contribution in [2.24, 2.45) is 5.92 Å². The molecule has 2 atom stereocenters. The molecule has 0 saturated heterocycles. The minimum absolute atomic E-state index is 0.0477. The largest absolute Gasteiger partial charge is 0.308 e. The van der Waals surface area contributed by atoms with E-state index in [9.17, 15) is 0 Å². The zero-order chi connectivity index (χ0) is 41.0. The van der Waals surface area contributed by atoms with Gasteiger partial charge in [0, 0.05) is 22.1 Å². The summed E-state index contributed by atoms with van der Waals surface area (Å²) < 4.78 is 2.53. The molecule has 292 valence electrons. The first-order chi connectivity index (χ1) is 29.8.